The predicted molar refractivity (Wildman–Crippen MR) is 152 cm³/mol. The van der Waals surface area contributed by atoms with Crippen LogP contribution in [0.1, 0.15) is 26.3 Å². The van der Waals surface area contributed by atoms with Crippen LogP contribution in [0.5, 0.6) is 0 Å². The van der Waals surface area contributed by atoms with Crippen LogP contribution in [0.3, 0.4) is 0 Å². The average molecular weight is 597 g/mol. The number of benzene rings is 3. The van der Waals surface area contributed by atoms with Gasteiger partial charge in [0.15, 0.2) is 0 Å². The van der Waals surface area contributed by atoms with Crippen molar-refractivity contribution in [3.05, 3.63) is 93.4 Å². The van der Waals surface area contributed by atoms with E-state index in [-0.39, 0.29) is 39.1 Å². The van der Waals surface area contributed by atoms with Crippen LogP contribution in [0.2, 0.25) is 15.1 Å². The third kappa shape index (κ3) is 7.20. The zero-order valence-corrected chi connectivity index (χ0v) is 24.2. The van der Waals surface area contributed by atoms with Crippen molar-refractivity contribution in [3.8, 4) is 0 Å². The summed E-state index contributed by atoms with van der Waals surface area (Å²) in [6.45, 7) is 4.60. The van der Waals surface area contributed by atoms with E-state index >= 15 is 0 Å². The summed E-state index contributed by atoms with van der Waals surface area (Å²) in [5.41, 5.74) is 0.757. The van der Waals surface area contributed by atoms with Gasteiger partial charge in [0.2, 0.25) is 11.8 Å². The molecule has 2 amide bonds. The molecule has 1 atom stereocenters. The molecule has 0 aromatic heterocycles. The van der Waals surface area contributed by atoms with E-state index in [0.717, 1.165) is 4.31 Å². The van der Waals surface area contributed by atoms with E-state index < -0.39 is 28.5 Å². The monoisotopic (exact) mass is 595 g/mol. The summed E-state index contributed by atoms with van der Waals surface area (Å²) in [4.78, 5) is 28.1. The highest BCUT2D eigenvalue weighted by atomic mass is 35.5. The molecule has 0 unspecified atom stereocenters. The summed E-state index contributed by atoms with van der Waals surface area (Å²) in [7, 11) is -4.20. The van der Waals surface area contributed by atoms with Gasteiger partial charge in [0, 0.05) is 17.6 Å². The topological polar surface area (TPSA) is 86.8 Å². The molecule has 0 aliphatic heterocycles. The largest absolute Gasteiger partial charge is 0.352 e. The minimum absolute atomic E-state index is 0.00815. The summed E-state index contributed by atoms with van der Waals surface area (Å²) in [6.07, 6.45) is 0. The number of rotatable bonds is 10. The number of sulfonamides is 1. The highest BCUT2D eigenvalue weighted by Gasteiger charge is 2.33. The molecule has 202 valence electrons. The molecule has 3 aromatic carbocycles. The number of nitrogens with zero attached hydrogens (tertiary/aromatic N) is 2. The van der Waals surface area contributed by atoms with Crippen molar-refractivity contribution in [2.24, 2.45) is 0 Å². The molecule has 0 radical (unpaired) electrons. The molecule has 0 heterocycles. The van der Waals surface area contributed by atoms with Gasteiger partial charge in [0.05, 0.1) is 20.6 Å². The van der Waals surface area contributed by atoms with Gasteiger partial charge in [-0.25, -0.2) is 8.42 Å². The Balaban J connectivity index is 2.06. The van der Waals surface area contributed by atoms with Gasteiger partial charge in [-0.15, -0.1) is 0 Å². The van der Waals surface area contributed by atoms with E-state index in [1.54, 1.807) is 49.4 Å². The van der Waals surface area contributed by atoms with Crippen LogP contribution in [0.25, 0.3) is 0 Å². The van der Waals surface area contributed by atoms with Crippen molar-refractivity contribution in [2.45, 2.75) is 44.3 Å². The fraction of sp³-hybridized carbons (Fsp3) is 0.259. The zero-order valence-electron chi connectivity index (χ0n) is 21.1. The first-order valence-corrected chi connectivity index (χ1v) is 14.3. The number of amides is 2. The minimum Gasteiger partial charge on any atom is -0.352 e. The van der Waals surface area contributed by atoms with Crippen molar-refractivity contribution in [1.29, 1.82) is 0 Å². The molecule has 0 spiro atoms. The summed E-state index contributed by atoms with van der Waals surface area (Å²) >= 11 is 18.6. The second-order valence-electron chi connectivity index (χ2n) is 8.88. The van der Waals surface area contributed by atoms with Crippen LogP contribution in [0.15, 0.2) is 77.7 Å². The van der Waals surface area contributed by atoms with Gasteiger partial charge in [0.25, 0.3) is 10.0 Å². The fourth-order valence-corrected chi connectivity index (χ4v) is 5.60. The van der Waals surface area contributed by atoms with Gasteiger partial charge in [0.1, 0.15) is 12.6 Å². The molecular weight excluding hydrogens is 569 g/mol. The summed E-state index contributed by atoms with van der Waals surface area (Å²) in [5.74, 6) is -0.991. The van der Waals surface area contributed by atoms with E-state index in [9.17, 15) is 18.0 Å². The lowest BCUT2D eigenvalue weighted by Crippen LogP contribution is -2.52. The third-order valence-electron chi connectivity index (χ3n) is 5.70. The zero-order chi connectivity index (χ0) is 28.0. The van der Waals surface area contributed by atoms with Crippen molar-refractivity contribution < 1.29 is 18.0 Å². The maximum atomic E-state index is 13.8. The number of anilines is 1. The molecular formula is C27H28Cl3N3O4S. The van der Waals surface area contributed by atoms with E-state index in [0.29, 0.717) is 10.6 Å². The molecule has 3 rings (SSSR count). The molecule has 0 bridgehead atoms. The standard InChI is InChI=1S/C27H28Cl3N3O4S/c1-18(2)31-27(35)19(3)32(16-20-9-7-8-12-23(20)28)26(34)17-33(21-13-14-24(29)25(30)15-21)38(36,37)22-10-5-4-6-11-22/h4-15,18-19H,16-17H2,1-3H3,(H,31,35)/t19-/m1/s1. The number of carbonyl (C=O) groups excluding carboxylic acids is 2. The van der Waals surface area contributed by atoms with Gasteiger partial charge >= 0.3 is 0 Å². The second kappa shape index (κ2) is 12.8. The predicted octanol–water partition coefficient (Wildman–Crippen LogP) is 5.78. The molecule has 0 saturated heterocycles. The van der Waals surface area contributed by atoms with Gasteiger partial charge < -0.3 is 10.2 Å². The quantitative estimate of drug-likeness (QED) is 0.321. The Kier molecular flexibility index (Phi) is 10.1. The van der Waals surface area contributed by atoms with Crippen LogP contribution in [0, 0.1) is 0 Å². The van der Waals surface area contributed by atoms with Gasteiger partial charge in [-0.3, -0.25) is 13.9 Å². The van der Waals surface area contributed by atoms with Crippen LogP contribution in [-0.2, 0) is 26.2 Å². The third-order valence-corrected chi connectivity index (χ3v) is 8.59. The highest BCUT2D eigenvalue weighted by Crippen LogP contribution is 2.31. The second-order valence-corrected chi connectivity index (χ2v) is 12.0. The SMILES string of the molecule is CC(C)NC(=O)[C@@H](C)N(Cc1ccccc1Cl)C(=O)CN(c1ccc(Cl)c(Cl)c1)S(=O)(=O)c1ccccc1. The van der Waals surface area contributed by atoms with Crippen molar-refractivity contribution >= 4 is 62.3 Å². The number of hydrogen-bond acceptors (Lipinski definition) is 4. The first kappa shape index (κ1) is 29.8. The van der Waals surface area contributed by atoms with Gasteiger partial charge in [-0.2, -0.15) is 0 Å². The molecule has 0 aliphatic carbocycles. The Hall–Kier alpha value is -2.78. The molecule has 7 nitrogen and oxygen atoms in total. The molecule has 11 heteroatoms. The molecule has 0 fully saturated rings. The maximum absolute atomic E-state index is 13.8. The first-order valence-electron chi connectivity index (χ1n) is 11.8. The fourth-order valence-electron chi connectivity index (χ4n) is 3.69. The summed E-state index contributed by atoms with van der Waals surface area (Å²) < 4.78 is 28.4. The molecule has 1 N–H and O–H groups in total. The van der Waals surface area contributed by atoms with Crippen molar-refractivity contribution in [3.63, 3.8) is 0 Å². The number of carbonyl (C=O) groups is 2. The molecule has 0 saturated carbocycles. The Morgan fingerprint density at radius 3 is 2.08 bits per heavy atom. The Morgan fingerprint density at radius 2 is 1.47 bits per heavy atom. The average Bonchev–Trinajstić information content (AvgIpc) is 2.88. The number of nitrogens with one attached hydrogen (secondary N) is 1. The first-order chi connectivity index (χ1) is 17.9. The Labute approximate surface area is 238 Å². The van der Waals surface area contributed by atoms with Crippen molar-refractivity contribution in [2.75, 3.05) is 10.8 Å². The minimum atomic E-state index is -4.20. The van der Waals surface area contributed by atoms with Gasteiger partial charge in [-0.05, 0) is 62.7 Å². The van der Waals surface area contributed by atoms with Crippen LogP contribution >= 0.6 is 34.8 Å². The van der Waals surface area contributed by atoms with Crippen LogP contribution in [0.4, 0.5) is 5.69 Å². The van der Waals surface area contributed by atoms with E-state index in [4.69, 9.17) is 34.8 Å². The van der Waals surface area contributed by atoms with Gasteiger partial charge in [-0.1, -0.05) is 71.2 Å². The normalized spacial score (nSPS) is 12.2. The molecule has 3 aromatic rings. The lowest BCUT2D eigenvalue weighted by atomic mass is 10.1. The van der Waals surface area contributed by atoms with E-state index in [1.807, 2.05) is 13.8 Å². The Bertz CT molecular complexity index is 1400. The van der Waals surface area contributed by atoms with Crippen LogP contribution < -0.4 is 9.62 Å². The Morgan fingerprint density at radius 1 is 0.842 bits per heavy atom. The highest BCUT2D eigenvalue weighted by molar-refractivity contribution is 7.92. The molecule has 38 heavy (non-hydrogen) atoms. The van der Waals surface area contributed by atoms with Crippen LogP contribution in [-0.4, -0.2) is 43.8 Å². The maximum Gasteiger partial charge on any atom is 0.264 e. The number of halogens is 3. The molecule has 0 aliphatic rings. The summed E-state index contributed by atoms with van der Waals surface area (Å²) in [5, 5.41) is 3.58. The number of hydrogen-bond donors (Lipinski definition) is 1. The lowest BCUT2D eigenvalue weighted by molar-refractivity contribution is -0.139. The van der Waals surface area contributed by atoms with Crippen molar-refractivity contribution in [1.82, 2.24) is 10.2 Å². The lowest BCUT2D eigenvalue weighted by Gasteiger charge is -2.32. The smallest absolute Gasteiger partial charge is 0.264 e. The summed E-state index contributed by atoms with van der Waals surface area (Å²) in [6, 6.07) is 17.9. The van der Waals surface area contributed by atoms with E-state index in [2.05, 4.69) is 5.32 Å². The van der Waals surface area contributed by atoms with E-state index in [1.165, 1.54) is 35.2 Å².